The Labute approximate surface area is 238 Å². The van der Waals surface area contributed by atoms with Gasteiger partial charge in [0, 0.05) is 43.8 Å². The molecule has 3 N–H and O–H groups in total. The first-order chi connectivity index (χ1) is 17.8. The molecule has 3 aromatic rings. The molecule has 204 valence electrons. The number of fused-ring (bicyclic) bond motifs is 2. The molecule has 3 nitrogen and oxygen atoms in total. The predicted octanol–water partition coefficient (Wildman–Crippen LogP) is 9.99. The van der Waals surface area contributed by atoms with Gasteiger partial charge in [0.2, 0.25) is 0 Å². The minimum atomic E-state index is -0.0980. The van der Waals surface area contributed by atoms with Crippen molar-refractivity contribution >= 4 is 40.6 Å². The molecule has 0 saturated heterocycles. The lowest BCUT2D eigenvalue weighted by molar-refractivity contribution is 0.422. The number of benzene rings is 3. The van der Waals surface area contributed by atoms with Crippen LogP contribution in [0.1, 0.15) is 78.5 Å². The Balaban J connectivity index is 1.34. The van der Waals surface area contributed by atoms with Crippen LogP contribution in [0, 0.1) is 5.92 Å². The molecule has 0 fully saturated rings. The third-order valence-corrected chi connectivity index (χ3v) is 9.55. The third kappa shape index (κ3) is 6.84. The van der Waals surface area contributed by atoms with Gasteiger partial charge in [0.05, 0.1) is 11.4 Å². The van der Waals surface area contributed by atoms with E-state index in [0.717, 1.165) is 36.3 Å². The highest BCUT2D eigenvalue weighted by Gasteiger charge is 2.26. The second-order valence-electron chi connectivity index (χ2n) is 12.6. The Bertz CT molecular complexity index is 1250. The standard InChI is InChI=1S/C33H44N2OS2/c1-9-22-10-12-27-29(16-22)38-30-17-23(11-13-28(30)35-27)34-15-14-21(2)20-37-24-18-25(32(3,4)5)31(36)26(19-24)33(6,7)8/h10-13,16-19,21,34-36H,9,14-15,20H2,1-8H3. The number of rotatable bonds is 8. The van der Waals surface area contributed by atoms with Crippen molar-refractivity contribution < 1.29 is 5.11 Å². The lowest BCUT2D eigenvalue weighted by Gasteiger charge is -2.28. The van der Waals surface area contributed by atoms with Gasteiger partial charge < -0.3 is 15.7 Å². The van der Waals surface area contributed by atoms with Crippen molar-refractivity contribution in [2.75, 3.05) is 22.9 Å². The Morgan fingerprint density at radius 1 is 0.895 bits per heavy atom. The van der Waals surface area contributed by atoms with E-state index in [-0.39, 0.29) is 10.8 Å². The van der Waals surface area contributed by atoms with Gasteiger partial charge in [-0.05, 0) is 77.6 Å². The summed E-state index contributed by atoms with van der Waals surface area (Å²) in [6.07, 6.45) is 2.16. The molecule has 4 rings (SSSR count). The van der Waals surface area contributed by atoms with E-state index in [1.54, 1.807) is 0 Å². The van der Waals surface area contributed by atoms with Crippen LogP contribution < -0.4 is 10.6 Å². The van der Waals surface area contributed by atoms with Gasteiger partial charge in [0.15, 0.2) is 0 Å². The van der Waals surface area contributed by atoms with E-state index >= 15 is 0 Å². The van der Waals surface area contributed by atoms with Crippen LogP contribution in [-0.2, 0) is 17.3 Å². The van der Waals surface area contributed by atoms with Gasteiger partial charge in [0.1, 0.15) is 5.75 Å². The number of aromatic hydroxyl groups is 1. The van der Waals surface area contributed by atoms with E-state index in [2.05, 4.69) is 115 Å². The number of nitrogens with one attached hydrogen (secondary N) is 2. The number of anilines is 3. The normalized spacial score (nSPS) is 13.9. The minimum Gasteiger partial charge on any atom is -0.507 e. The molecule has 1 aliphatic heterocycles. The number of phenols is 1. The van der Waals surface area contributed by atoms with E-state index in [0.29, 0.717) is 11.7 Å². The van der Waals surface area contributed by atoms with Crippen LogP contribution >= 0.6 is 23.5 Å². The fraction of sp³-hybridized carbons (Fsp3) is 0.455. The van der Waals surface area contributed by atoms with Crippen LogP contribution in [0.25, 0.3) is 0 Å². The van der Waals surface area contributed by atoms with Crippen LogP contribution in [0.15, 0.2) is 63.2 Å². The molecule has 38 heavy (non-hydrogen) atoms. The highest BCUT2D eigenvalue weighted by Crippen LogP contribution is 2.45. The van der Waals surface area contributed by atoms with Gasteiger partial charge in [-0.1, -0.05) is 73.2 Å². The van der Waals surface area contributed by atoms with Crippen molar-refractivity contribution in [3.05, 3.63) is 65.2 Å². The maximum atomic E-state index is 11.0. The molecule has 0 aromatic heterocycles. The summed E-state index contributed by atoms with van der Waals surface area (Å²) in [6, 6.07) is 17.7. The highest BCUT2D eigenvalue weighted by molar-refractivity contribution is 7.99. The summed E-state index contributed by atoms with van der Waals surface area (Å²) in [7, 11) is 0. The van der Waals surface area contributed by atoms with Crippen LogP contribution in [0.4, 0.5) is 17.1 Å². The molecule has 1 aliphatic rings. The van der Waals surface area contributed by atoms with Crippen molar-refractivity contribution in [1.29, 1.82) is 0 Å². The largest absolute Gasteiger partial charge is 0.507 e. The summed E-state index contributed by atoms with van der Waals surface area (Å²) in [5.41, 5.74) is 6.81. The van der Waals surface area contributed by atoms with Crippen LogP contribution in [0.5, 0.6) is 5.75 Å². The zero-order valence-electron chi connectivity index (χ0n) is 24.3. The fourth-order valence-electron chi connectivity index (χ4n) is 4.68. The van der Waals surface area contributed by atoms with Crippen LogP contribution in [0.3, 0.4) is 0 Å². The average molecular weight is 549 g/mol. The molecular weight excluding hydrogens is 505 g/mol. The first-order valence-electron chi connectivity index (χ1n) is 13.8. The van der Waals surface area contributed by atoms with Gasteiger partial charge in [-0.3, -0.25) is 0 Å². The maximum absolute atomic E-state index is 11.0. The molecule has 3 aromatic carbocycles. The second kappa shape index (κ2) is 11.5. The van der Waals surface area contributed by atoms with Crippen molar-refractivity contribution in [2.24, 2.45) is 5.92 Å². The van der Waals surface area contributed by atoms with Crippen molar-refractivity contribution in [3.8, 4) is 5.75 Å². The average Bonchev–Trinajstić information content (AvgIpc) is 2.85. The van der Waals surface area contributed by atoms with E-state index in [4.69, 9.17) is 0 Å². The molecule has 0 aliphatic carbocycles. The zero-order valence-corrected chi connectivity index (χ0v) is 25.9. The second-order valence-corrected chi connectivity index (χ2v) is 14.8. The SMILES string of the molecule is CCc1ccc2c(c1)Sc1cc(NCCC(C)CSc3cc(C(C)(C)C)c(O)c(C(C)(C)C)c3)ccc1N2. The molecule has 1 heterocycles. The van der Waals surface area contributed by atoms with E-state index in [1.807, 2.05) is 23.5 Å². The monoisotopic (exact) mass is 548 g/mol. The molecule has 0 saturated carbocycles. The molecule has 0 bridgehead atoms. The van der Waals surface area contributed by atoms with Crippen LogP contribution in [0.2, 0.25) is 0 Å². The van der Waals surface area contributed by atoms with Gasteiger partial charge in [-0.15, -0.1) is 11.8 Å². The number of hydrogen-bond donors (Lipinski definition) is 3. The number of hydrogen-bond acceptors (Lipinski definition) is 5. The summed E-state index contributed by atoms with van der Waals surface area (Å²) in [6.45, 7) is 18.5. The predicted molar refractivity (Wildman–Crippen MR) is 168 cm³/mol. The first-order valence-corrected chi connectivity index (χ1v) is 15.6. The number of thioether (sulfide) groups is 1. The molecule has 0 amide bonds. The Morgan fingerprint density at radius 3 is 2.11 bits per heavy atom. The Kier molecular flexibility index (Phi) is 8.68. The molecular formula is C33H44N2OS2. The zero-order chi connectivity index (χ0) is 27.7. The van der Waals surface area contributed by atoms with Gasteiger partial charge in [0.25, 0.3) is 0 Å². The van der Waals surface area contributed by atoms with Crippen molar-refractivity contribution in [1.82, 2.24) is 0 Å². The minimum absolute atomic E-state index is 0.0980. The molecule has 5 heteroatoms. The Hall–Kier alpha value is -2.24. The number of phenolic OH excluding ortho intramolecular Hbond substituents is 1. The Morgan fingerprint density at radius 2 is 1.50 bits per heavy atom. The van der Waals surface area contributed by atoms with Crippen LogP contribution in [-0.4, -0.2) is 17.4 Å². The summed E-state index contributed by atoms with van der Waals surface area (Å²) in [4.78, 5) is 3.83. The maximum Gasteiger partial charge on any atom is 0.123 e. The fourth-order valence-corrected chi connectivity index (χ4v) is 6.81. The summed E-state index contributed by atoms with van der Waals surface area (Å²) in [5.74, 6) is 2.09. The lowest BCUT2D eigenvalue weighted by Crippen LogP contribution is -2.17. The molecule has 1 atom stereocenters. The van der Waals surface area contributed by atoms with E-state index in [9.17, 15) is 5.11 Å². The van der Waals surface area contributed by atoms with E-state index in [1.165, 1.54) is 37.3 Å². The number of aryl methyl sites for hydroxylation is 1. The lowest BCUT2D eigenvalue weighted by atomic mass is 9.79. The summed E-state index contributed by atoms with van der Waals surface area (Å²) in [5, 5.41) is 18.2. The third-order valence-electron chi connectivity index (χ3n) is 7.13. The molecule has 0 radical (unpaired) electrons. The topological polar surface area (TPSA) is 44.3 Å². The quantitative estimate of drug-likeness (QED) is 0.191. The molecule has 0 spiro atoms. The van der Waals surface area contributed by atoms with E-state index < -0.39 is 0 Å². The van der Waals surface area contributed by atoms with Gasteiger partial charge in [-0.25, -0.2) is 0 Å². The van der Waals surface area contributed by atoms with Gasteiger partial charge >= 0.3 is 0 Å². The van der Waals surface area contributed by atoms with Crippen molar-refractivity contribution in [2.45, 2.75) is 93.7 Å². The highest BCUT2D eigenvalue weighted by atomic mass is 32.2. The van der Waals surface area contributed by atoms with Crippen molar-refractivity contribution in [3.63, 3.8) is 0 Å². The summed E-state index contributed by atoms with van der Waals surface area (Å²) < 4.78 is 0. The molecule has 1 unspecified atom stereocenters. The summed E-state index contributed by atoms with van der Waals surface area (Å²) >= 11 is 3.76. The smallest absolute Gasteiger partial charge is 0.123 e. The van der Waals surface area contributed by atoms with Gasteiger partial charge in [-0.2, -0.15) is 0 Å². The first kappa shape index (κ1) is 28.8.